The molecule has 0 unspecified atom stereocenters. The van der Waals surface area contributed by atoms with Crippen molar-refractivity contribution in [1.29, 1.82) is 0 Å². The quantitative estimate of drug-likeness (QED) is 0.894. The standard InChI is InChI=1S/C13H13N3O2/c17-13(16-12-4-8-14-9-5-12)18-10-6-11-3-1-2-7-15-11/h1-5,7-9H,6,10H2,(H,14,16,17). The van der Waals surface area contributed by atoms with Crippen LogP contribution in [0.3, 0.4) is 0 Å². The zero-order valence-electron chi connectivity index (χ0n) is 9.74. The van der Waals surface area contributed by atoms with Crippen LogP contribution in [-0.4, -0.2) is 22.7 Å². The molecule has 5 heteroatoms. The molecule has 2 heterocycles. The summed E-state index contributed by atoms with van der Waals surface area (Å²) in [4.78, 5) is 19.4. The van der Waals surface area contributed by atoms with Crippen LogP contribution < -0.4 is 5.32 Å². The molecule has 0 fully saturated rings. The summed E-state index contributed by atoms with van der Waals surface area (Å²) in [5, 5.41) is 2.61. The first-order valence-corrected chi connectivity index (χ1v) is 5.58. The van der Waals surface area contributed by atoms with Gasteiger partial charge in [-0.15, -0.1) is 0 Å². The minimum Gasteiger partial charge on any atom is -0.449 e. The fourth-order valence-electron chi connectivity index (χ4n) is 1.38. The zero-order valence-corrected chi connectivity index (χ0v) is 9.74. The van der Waals surface area contributed by atoms with E-state index in [0.717, 1.165) is 5.69 Å². The maximum atomic E-state index is 11.4. The lowest BCUT2D eigenvalue weighted by atomic mass is 10.3. The van der Waals surface area contributed by atoms with E-state index in [2.05, 4.69) is 15.3 Å². The number of aromatic nitrogens is 2. The summed E-state index contributed by atoms with van der Waals surface area (Å²) in [7, 11) is 0. The zero-order chi connectivity index (χ0) is 12.6. The molecular formula is C13H13N3O2. The molecule has 1 amide bonds. The first kappa shape index (κ1) is 12.0. The third-order valence-electron chi connectivity index (χ3n) is 2.24. The molecule has 5 nitrogen and oxygen atoms in total. The monoisotopic (exact) mass is 243 g/mol. The summed E-state index contributed by atoms with van der Waals surface area (Å²) in [6, 6.07) is 9.03. The van der Waals surface area contributed by atoms with Crippen molar-refractivity contribution in [1.82, 2.24) is 9.97 Å². The maximum absolute atomic E-state index is 11.4. The fraction of sp³-hybridized carbons (Fsp3) is 0.154. The number of carbonyl (C=O) groups excluding carboxylic acids is 1. The molecule has 1 N–H and O–H groups in total. The second-order valence-corrected chi connectivity index (χ2v) is 3.57. The van der Waals surface area contributed by atoms with E-state index in [-0.39, 0.29) is 0 Å². The van der Waals surface area contributed by atoms with Crippen LogP contribution in [0.15, 0.2) is 48.9 Å². The van der Waals surface area contributed by atoms with Crippen LogP contribution in [0.1, 0.15) is 5.69 Å². The largest absolute Gasteiger partial charge is 0.449 e. The minimum absolute atomic E-state index is 0.300. The maximum Gasteiger partial charge on any atom is 0.411 e. The van der Waals surface area contributed by atoms with Gasteiger partial charge in [0.2, 0.25) is 0 Å². The normalized spacial score (nSPS) is 9.78. The predicted octanol–water partition coefficient (Wildman–Crippen LogP) is 2.27. The van der Waals surface area contributed by atoms with Gasteiger partial charge in [-0.2, -0.15) is 0 Å². The van der Waals surface area contributed by atoms with Crippen LogP contribution in [0.4, 0.5) is 10.5 Å². The van der Waals surface area contributed by atoms with Crippen LogP contribution in [0.25, 0.3) is 0 Å². The van der Waals surface area contributed by atoms with Gasteiger partial charge in [-0.1, -0.05) is 6.07 Å². The summed E-state index contributed by atoms with van der Waals surface area (Å²) in [5.74, 6) is 0. The van der Waals surface area contributed by atoms with E-state index >= 15 is 0 Å². The van der Waals surface area contributed by atoms with Crippen LogP contribution in [0.2, 0.25) is 0 Å². The molecule has 2 aromatic rings. The molecular weight excluding hydrogens is 230 g/mol. The van der Waals surface area contributed by atoms with E-state index in [0.29, 0.717) is 18.7 Å². The van der Waals surface area contributed by atoms with Gasteiger partial charge in [-0.3, -0.25) is 15.3 Å². The van der Waals surface area contributed by atoms with Crippen molar-refractivity contribution < 1.29 is 9.53 Å². The molecule has 0 aliphatic heterocycles. The highest BCUT2D eigenvalue weighted by molar-refractivity contribution is 5.84. The number of carbonyl (C=O) groups is 1. The van der Waals surface area contributed by atoms with Gasteiger partial charge in [0.05, 0.1) is 6.61 Å². The number of hydrogen-bond donors (Lipinski definition) is 1. The van der Waals surface area contributed by atoms with Crippen molar-refractivity contribution >= 4 is 11.8 Å². The Labute approximate surface area is 105 Å². The van der Waals surface area contributed by atoms with E-state index in [9.17, 15) is 4.79 Å². The van der Waals surface area contributed by atoms with E-state index in [4.69, 9.17) is 4.74 Å². The Balaban J connectivity index is 1.73. The third kappa shape index (κ3) is 3.86. The van der Waals surface area contributed by atoms with Gasteiger partial charge < -0.3 is 4.74 Å². The summed E-state index contributed by atoms with van der Waals surface area (Å²) in [6.45, 7) is 0.300. The number of amides is 1. The average molecular weight is 243 g/mol. The number of hydrogen-bond acceptors (Lipinski definition) is 4. The van der Waals surface area contributed by atoms with Crippen LogP contribution >= 0.6 is 0 Å². The number of pyridine rings is 2. The molecule has 0 saturated carbocycles. The van der Waals surface area contributed by atoms with E-state index < -0.39 is 6.09 Å². The highest BCUT2D eigenvalue weighted by Crippen LogP contribution is 2.04. The summed E-state index contributed by atoms with van der Waals surface area (Å²) >= 11 is 0. The van der Waals surface area contributed by atoms with Crippen molar-refractivity contribution in [3.05, 3.63) is 54.6 Å². The summed E-state index contributed by atoms with van der Waals surface area (Å²) in [6.07, 6.45) is 5.04. The van der Waals surface area contributed by atoms with Crippen LogP contribution in [0, 0.1) is 0 Å². The van der Waals surface area contributed by atoms with Crippen LogP contribution in [-0.2, 0) is 11.2 Å². The van der Waals surface area contributed by atoms with Gasteiger partial charge >= 0.3 is 6.09 Å². The SMILES string of the molecule is O=C(Nc1ccncc1)OCCc1ccccn1. The first-order chi connectivity index (χ1) is 8.84. The van der Waals surface area contributed by atoms with Gasteiger partial charge in [0.1, 0.15) is 0 Å². The number of anilines is 1. The lowest BCUT2D eigenvalue weighted by molar-refractivity contribution is 0.162. The Morgan fingerprint density at radius 1 is 1.17 bits per heavy atom. The van der Waals surface area contributed by atoms with Gasteiger partial charge in [-0.25, -0.2) is 4.79 Å². The molecule has 0 radical (unpaired) electrons. The molecule has 0 aliphatic rings. The highest BCUT2D eigenvalue weighted by Gasteiger charge is 2.02. The molecule has 2 rings (SSSR count). The van der Waals surface area contributed by atoms with Crippen molar-refractivity contribution in [3.8, 4) is 0 Å². The minimum atomic E-state index is -0.475. The Morgan fingerprint density at radius 2 is 2.00 bits per heavy atom. The number of ether oxygens (including phenoxy) is 1. The lowest BCUT2D eigenvalue weighted by Gasteiger charge is -2.06. The Morgan fingerprint density at radius 3 is 2.72 bits per heavy atom. The molecule has 92 valence electrons. The molecule has 0 atom stereocenters. The second-order valence-electron chi connectivity index (χ2n) is 3.57. The van der Waals surface area contributed by atoms with Crippen LogP contribution in [0.5, 0.6) is 0 Å². The summed E-state index contributed by atoms with van der Waals surface area (Å²) in [5.41, 5.74) is 1.56. The topological polar surface area (TPSA) is 64.1 Å². The van der Waals surface area contributed by atoms with Crippen molar-refractivity contribution in [2.24, 2.45) is 0 Å². The van der Waals surface area contributed by atoms with Crippen molar-refractivity contribution in [2.45, 2.75) is 6.42 Å². The number of nitrogens with zero attached hydrogens (tertiary/aromatic N) is 2. The molecule has 2 aromatic heterocycles. The molecule has 0 bridgehead atoms. The third-order valence-corrected chi connectivity index (χ3v) is 2.24. The summed E-state index contributed by atoms with van der Waals surface area (Å²) < 4.78 is 5.04. The average Bonchev–Trinajstić information content (AvgIpc) is 2.41. The van der Waals surface area contributed by atoms with Crippen molar-refractivity contribution in [2.75, 3.05) is 11.9 Å². The molecule has 0 aliphatic carbocycles. The Kier molecular flexibility index (Phi) is 4.24. The van der Waals surface area contributed by atoms with Gasteiger partial charge in [0.15, 0.2) is 0 Å². The molecule has 0 saturated heterocycles. The first-order valence-electron chi connectivity index (χ1n) is 5.58. The highest BCUT2D eigenvalue weighted by atomic mass is 16.5. The molecule has 0 spiro atoms. The molecule has 18 heavy (non-hydrogen) atoms. The second kappa shape index (κ2) is 6.34. The Hall–Kier alpha value is -2.43. The fourth-order valence-corrected chi connectivity index (χ4v) is 1.38. The van der Waals surface area contributed by atoms with E-state index in [1.165, 1.54) is 0 Å². The molecule has 0 aromatic carbocycles. The van der Waals surface area contributed by atoms with Crippen molar-refractivity contribution in [3.63, 3.8) is 0 Å². The predicted molar refractivity (Wildman–Crippen MR) is 67.1 cm³/mol. The number of nitrogens with one attached hydrogen (secondary N) is 1. The number of rotatable bonds is 4. The smallest absolute Gasteiger partial charge is 0.411 e. The van der Waals surface area contributed by atoms with Gasteiger partial charge in [-0.05, 0) is 24.3 Å². The lowest BCUT2D eigenvalue weighted by Crippen LogP contribution is -2.15. The van der Waals surface area contributed by atoms with Gasteiger partial charge in [0.25, 0.3) is 0 Å². The Bertz CT molecular complexity index is 488. The van der Waals surface area contributed by atoms with E-state index in [1.54, 1.807) is 30.7 Å². The van der Waals surface area contributed by atoms with Gasteiger partial charge in [0, 0.05) is 36.4 Å². The van der Waals surface area contributed by atoms with E-state index in [1.807, 2.05) is 18.2 Å².